The van der Waals surface area contributed by atoms with Crippen LogP contribution in [0.5, 0.6) is 0 Å². The molecule has 0 N–H and O–H groups in total. The zero-order chi connectivity index (χ0) is 0. The number of hydrogen-bond donors (Lipinski definition) is 0. The van der Waals surface area contributed by atoms with E-state index in [1.54, 1.807) is 0 Å². The summed E-state index contributed by atoms with van der Waals surface area (Å²) < 4.78 is 0. The quantitative estimate of drug-likeness (QED) is 0.258. The van der Waals surface area contributed by atoms with Gasteiger partial charge >= 0.3 is 48.3 Å². The molecule has 0 amide bonds. The van der Waals surface area contributed by atoms with Crippen molar-refractivity contribution in [2.75, 3.05) is 0 Å². The average molecular weight is 968 g/mol. The van der Waals surface area contributed by atoms with Crippen LogP contribution in [0.2, 0.25) is 0 Å². The Kier molecular flexibility index (Phi) is 380. The predicted octanol–water partition coefficient (Wildman–Crippen LogP) is -1.58. The van der Waals surface area contributed by atoms with Crippen LogP contribution in [0.15, 0.2) is 0 Å². The third-order valence-corrected chi connectivity index (χ3v) is 0. The summed E-state index contributed by atoms with van der Waals surface area (Å²) in [5, 5.41) is 0. The first-order valence-electron chi connectivity index (χ1n) is 0. The Bertz CT molecular complexity index is 19.7. The maximum Gasteiger partial charge on any atom is 0 e. The van der Waals surface area contributed by atoms with Crippen molar-refractivity contribution in [3.63, 3.8) is 0 Å². The summed E-state index contributed by atoms with van der Waals surface area (Å²) in [4.78, 5) is 0. The zero-order valence-corrected chi connectivity index (χ0v) is 20.7. The van der Waals surface area contributed by atoms with Crippen molar-refractivity contribution in [3.8, 4) is 0 Å². The molecule has 0 spiro atoms. The molecule has 0 rings (SSSR count). The van der Waals surface area contributed by atoms with Gasteiger partial charge in [0, 0.05) is 100 Å². The summed E-state index contributed by atoms with van der Waals surface area (Å²) in [5.41, 5.74) is 0. The Morgan fingerprint density at radius 2 is 1.00 bits per heavy atom. The molecule has 0 aliphatic rings. The van der Waals surface area contributed by atoms with E-state index >= 15 is 0 Å². The molecule has 0 bridgehead atoms. The van der Waals surface area contributed by atoms with Gasteiger partial charge in [0.25, 0.3) is 0 Å². The second kappa shape index (κ2) is 44.8. The van der Waals surface area contributed by atoms with E-state index in [0.717, 1.165) is 0 Å². The van der Waals surface area contributed by atoms with E-state index in [9.17, 15) is 0 Å². The second-order valence-corrected chi connectivity index (χ2v) is 0. The average Bonchev–Trinajstić information content (AvgIpc) is 0. The van der Waals surface area contributed by atoms with Crippen molar-refractivity contribution in [1.82, 2.24) is 0 Å². The van der Waals surface area contributed by atoms with E-state index in [4.69, 9.17) is 0 Å². The molecule has 0 saturated heterocycles. The van der Waals surface area contributed by atoms with Crippen molar-refractivity contribution in [2.24, 2.45) is 0 Å². The van der Waals surface area contributed by atoms with Crippen molar-refractivity contribution < 1.29 is 100 Å². The molecule has 7 heteroatoms. The van der Waals surface area contributed by atoms with Crippen LogP contribution in [0.4, 0.5) is 0 Å². The van der Waals surface area contributed by atoms with Crippen LogP contribution in [0.25, 0.3) is 0 Å². The Hall–Kier alpha value is 4.84. The Morgan fingerprint density at radius 1 is 1.00 bits per heavy atom. The molecule has 0 heterocycles. The summed E-state index contributed by atoms with van der Waals surface area (Å²) in [7, 11) is 0. The van der Waals surface area contributed by atoms with Crippen LogP contribution in [-0.4, -0.2) is 48.3 Å². The molecule has 0 fully saturated rings. The molecule has 7 heavy (non-hydrogen) atoms. The van der Waals surface area contributed by atoms with E-state index in [0.29, 0.717) is 0 Å². The minimum absolute atomic E-state index is 0. The summed E-state index contributed by atoms with van der Waals surface area (Å²) in [6.45, 7) is 0. The third-order valence-electron chi connectivity index (χ3n) is 0. The van der Waals surface area contributed by atoms with E-state index in [1.165, 1.54) is 0 Å². The van der Waals surface area contributed by atoms with Crippen LogP contribution >= 0.6 is 0 Å². The van der Waals surface area contributed by atoms with Crippen molar-refractivity contribution in [1.29, 1.82) is 0 Å². The van der Waals surface area contributed by atoms with Crippen LogP contribution in [0, 0.1) is 0 Å². The van der Waals surface area contributed by atoms with Gasteiger partial charge in [0.15, 0.2) is 0 Å². The number of rotatable bonds is 0. The molecule has 0 aliphatic carbocycles. The molecular formula is H3IrMnPtRuSbSnTa. The van der Waals surface area contributed by atoms with Gasteiger partial charge in [-0.25, -0.2) is 0 Å². The van der Waals surface area contributed by atoms with Crippen molar-refractivity contribution >= 4 is 48.3 Å². The third kappa shape index (κ3) is 36.2. The minimum Gasteiger partial charge on any atom is 0 e. The van der Waals surface area contributed by atoms with E-state index in [1.807, 2.05) is 0 Å². The first-order chi connectivity index (χ1) is 0. The van der Waals surface area contributed by atoms with Crippen LogP contribution in [0.3, 0.4) is 0 Å². The van der Waals surface area contributed by atoms with Crippen molar-refractivity contribution in [2.45, 2.75) is 0 Å². The molecule has 0 nitrogen and oxygen atoms in total. The second-order valence-electron chi connectivity index (χ2n) is 0. The molecule has 0 unspecified atom stereocenters. The van der Waals surface area contributed by atoms with Gasteiger partial charge in [-0.15, -0.1) is 0 Å². The summed E-state index contributed by atoms with van der Waals surface area (Å²) >= 11 is 0. The van der Waals surface area contributed by atoms with Gasteiger partial charge in [-0.05, 0) is 0 Å². The minimum atomic E-state index is 0. The molecule has 0 aromatic carbocycles. The predicted molar refractivity (Wildman–Crippen MR) is 15.7 cm³/mol. The van der Waals surface area contributed by atoms with Crippen LogP contribution < -0.4 is 0 Å². The SMILES string of the molecule is [Ir].[Mn].[Pt].[Ru].[SbH].[SnH2].[Ta]. The first kappa shape index (κ1) is 59.4. The van der Waals surface area contributed by atoms with E-state index in [2.05, 4.69) is 0 Å². The maximum atomic E-state index is 0. The van der Waals surface area contributed by atoms with Gasteiger partial charge in [-0.3, -0.25) is 0 Å². The van der Waals surface area contributed by atoms with Gasteiger partial charge in [0.2, 0.25) is 0 Å². The zero-order valence-electron chi connectivity index (χ0n) is 3.04. The monoisotopic (exact) mass is 970 g/mol. The van der Waals surface area contributed by atoms with E-state index in [-0.39, 0.29) is 148 Å². The standard InChI is InChI=1S/Ir.Mn.Pt.Ru.Sb.Sn.Ta.3H. The molecule has 0 saturated carbocycles. The van der Waals surface area contributed by atoms with Crippen LogP contribution in [0.1, 0.15) is 0 Å². The fourth-order valence-electron chi connectivity index (χ4n) is 0. The smallest absolute Gasteiger partial charge is 0 e. The summed E-state index contributed by atoms with van der Waals surface area (Å²) in [6, 6.07) is 0. The van der Waals surface area contributed by atoms with Gasteiger partial charge in [-0.1, -0.05) is 0 Å². The summed E-state index contributed by atoms with van der Waals surface area (Å²) in [5.74, 6) is 0. The first-order valence-corrected chi connectivity index (χ1v) is 0. The maximum absolute atomic E-state index is 0. The van der Waals surface area contributed by atoms with Gasteiger partial charge in [-0.2, -0.15) is 0 Å². The van der Waals surface area contributed by atoms with Crippen molar-refractivity contribution in [3.05, 3.63) is 0 Å². The molecule has 7 radical (unpaired) electrons. The molecule has 51 valence electrons. The molecule has 0 aromatic heterocycles. The van der Waals surface area contributed by atoms with E-state index < -0.39 is 0 Å². The molecule has 0 atom stereocenters. The number of hydrogen-bond acceptors (Lipinski definition) is 0. The van der Waals surface area contributed by atoms with Gasteiger partial charge < -0.3 is 0 Å². The fraction of sp³-hybridized carbons (Fsp3) is 0. The Labute approximate surface area is 145 Å². The Morgan fingerprint density at radius 3 is 1.00 bits per heavy atom. The molecule has 0 aromatic rings. The Balaban J connectivity index is 0. The molecule has 0 aliphatic heterocycles. The molecular weight excluding hydrogens is 965 g/mol. The topological polar surface area (TPSA) is 0 Å². The van der Waals surface area contributed by atoms with Crippen LogP contribution in [-0.2, 0) is 100 Å². The normalized spacial score (nSPS) is 0. The largest absolute Gasteiger partial charge is 0 e. The fourth-order valence-corrected chi connectivity index (χ4v) is 0. The van der Waals surface area contributed by atoms with Gasteiger partial charge in [0.1, 0.15) is 0 Å². The summed E-state index contributed by atoms with van der Waals surface area (Å²) in [6.07, 6.45) is 0. The van der Waals surface area contributed by atoms with Gasteiger partial charge in [0.05, 0.1) is 0 Å².